The second kappa shape index (κ2) is 9.37. The largest absolute Gasteiger partial charge is 0.487 e. The van der Waals surface area contributed by atoms with Crippen molar-refractivity contribution in [2.24, 2.45) is 0 Å². The molecule has 3 atom stereocenters. The van der Waals surface area contributed by atoms with Crippen LogP contribution < -0.4 is 14.8 Å². The topological polar surface area (TPSA) is 120 Å². The summed E-state index contributed by atoms with van der Waals surface area (Å²) < 4.78 is 49.5. The Kier molecular flexibility index (Phi) is 7.02. The number of hydrogen-bond acceptors (Lipinski definition) is 9. The fraction of sp³-hybridized carbons (Fsp3) is 0.421. The zero-order chi connectivity index (χ0) is 22.8. The molecule has 0 fully saturated rings. The summed E-state index contributed by atoms with van der Waals surface area (Å²) in [6, 6.07) is 3.97. The van der Waals surface area contributed by atoms with E-state index in [4.69, 9.17) is 9.47 Å². The van der Waals surface area contributed by atoms with Crippen molar-refractivity contribution < 1.29 is 27.1 Å². The number of ether oxygens (including phenoxy) is 2. The normalized spacial score (nSPS) is 18.9. The van der Waals surface area contributed by atoms with Crippen LogP contribution in [0, 0.1) is 5.82 Å². The number of halogens is 1. The van der Waals surface area contributed by atoms with Crippen molar-refractivity contribution in [2.75, 3.05) is 25.2 Å². The lowest BCUT2D eigenvalue weighted by Crippen LogP contribution is -2.32. The van der Waals surface area contributed by atoms with Crippen molar-refractivity contribution in [3.63, 3.8) is 0 Å². The molecule has 2 aromatic rings. The predicted molar refractivity (Wildman–Crippen MR) is 115 cm³/mol. The van der Waals surface area contributed by atoms with Crippen molar-refractivity contribution in [1.29, 1.82) is 0 Å². The van der Waals surface area contributed by atoms with E-state index in [-0.39, 0.29) is 24.2 Å². The van der Waals surface area contributed by atoms with Crippen LogP contribution in [-0.4, -0.2) is 55.6 Å². The lowest BCUT2D eigenvalue weighted by atomic mass is 9.99. The average Bonchev–Trinajstić information content (AvgIpc) is 3.05. The molecule has 3 rings (SSSR count). The number of sulfonamides is 1. The Bertz CT molecular complexity index is 1080. The van der Waals surface area contributed by atoms with E-state index in [0.717, 1.165) is 11.8 Å². The minimum absolute atomic E-state index is 0.0200. The van der Waals surface area contributed by atoms with Gasteiger partial charge >= 0.3 is 5.97 Å². The molecule has 0 bridgehead atoms. The number of benzene rings is 1. The van der Waals surface area contributed by atoms with E-state index < -0.39 is 27.2 Å². The Morgan fingerprint density at radius 1 is 1.35 bits per heavy atom. The monoisotopic (exact) mass is 470 g/mol. The third-order valence-electron chi connectivity index (χ3n) is 4.59. The number of aromatic nitrogens is 2. The quantitative estimate of drug-likeness (QED) is 0.443. The molecule has 0 aliphatic carbocycles. The first-order chi connectivity index (χ1) is 14.6. The van der Waals surface area contributed by atoms with Crippen molar-refractivity contribution in [3.8, 4) is 5.75 Å². The highest BCUT2D eigenvalue weighted by atomic mass is 32.2. The number of thioether (sulfide) groups is 1. The molecule has 0 amide bonds. The van der Waals surface area contributed by atoms with E-state index in [9.17, 15) is 17.6 Å². The Morgan fingerprint density at radius 3 is 2.77 bits per heavy atom. The second-order valence-corrected chi connectivity index (χ2v) is 10.1. The molecular formula is C19H23FN4O5S2. The Labute approximate surface area is 184 Å². The molecular weight excluding hydrogens is 447 g/mol. The molecule has 1 aromatic heterocycles. The predicted octanol–water partition coefficient (Wildman–Crippen LogP) is 2.43. The maximum Gasteiger partial charge on any atom is 0.319 e. The van der Waals surface area contributed by atoms with Gasteiger partial charge in [0.1, 0.15) is 40.1 Å². The summed E-state index contributed by atoms with van der Waals surface area (Å²) in [5.74, 6) is -0.405. The molecule has 0 saturated carbocycles. The van der Waals surface area contributed by atoms with Crippen LogP contribution in [0.1, 0.15) is 25.3 Å². The summed E-state index contributed by atoms with van der Waals surface area (Å²) in [5, 5.41) is 3.36. The lowest BCUT2D eigenvalue weighted by molar-refractivity contribution is -0.140. The van der Waals surface area contributed by atoms with Gasteiger partial charge in [-0.25, -0.2) is 27.5 Å². The lowest BCUT2D eigenvalue weighted by Gasteiger charge is -2.19. The van der Waals surface area contributed by atoms with Crippen LogP contribution in [0.4, 0.5) is 15.9 Å². The molecule has 31 heavy (non-hydrogen) atoms. The fourth-order valence-electron chi connectivity index (χ4n) is 3.08. The van der Waals surface area contributed by atoms with E-state index in [1.165, 1.54) is 43.4 Å². The summed E-state index contributed by atoms with van der Waals surface area (Å²) in [5.41, 5.74) is 1.19. The molecule has 2 heterocycles. The molecule has 12 heteroatoms. The van der Waals surface area contributed by atoms with Crippen LogP contribution in [0.25, 0.3) is 0 Å². The molecule has 168 valence electrons. The number of hydrogen-bond donors (Lipinski definition) is 2. The number of carbonyl (C=O) groups excluding carboxylic acids is 1. The van der Waals surface area contributed by atoms with Crippen LogP contribution in [0.3, 0.4) is 0 Å². The molecule has 0 spiro atoms. The average molecular weight is 471 g/mol. The van der Waals surface area contributed by atoms with Gasteiger partial charge in [-0.1, -0.05) is 18.7 Å². The molecule has 1 aliphatic rings. The van der Waals surface area contributed by atoms with Gasteiger partial charge in [0.05, 0.1) is 19.1 Å². The zero-order valence-corrected chi connectivity index (χ0v) is 19.0. The van der Waals surface area contributed by atoms with E-state index in [1.54, 1.807) is 6.92 Å². The van der Waals surface area contributed by atoms with E-state index in [2.05, 4.69) is 20.0 Å². The van der Waals surface area contributed by atoms with Gasteiger partial charge in [-0.15, -0.1) is 0 Å². The standard InChI is InChI=1S/C19H23FN4O5S2/c1-10(8-23-31(4,26)27)29-14-7-12(20)5-6-13(14)24-17-15-11(2)16(19(25)28-3)30-18(15)22-9-21-17/h5-7,9-11,16,23H,8H2,1-4H3,(H,21,22,24). The smallest absolute Gasteiger partial charge is 0.319 e. The summed E-state index contributed by atoms with van der Waals surface area (Å²) in [6.07, 6.45) is 1.86. The van der Waals surface area contributed by atoms with Gasteiger partial charge in [-0.2, -0.15) is 0 Å². The van der Waals surface area contributed by atoms with Gasteiger partial charge in [0.25, 0.3) is 0 Å². The van der Waals surface area contributed by atoms with Crippen LogP contribution in [0.2, 0.25) is 0 Å². The molecule has 1 aliphatic heterocycles. The minimum Gasteiger partial charge on any atom is -0.487 e. The number of rotatable bonds is 8. The Balaban J connectivity index is 1.85. The highest BCUT2D eigenvalue weighted by Gasteiger charge is 2.39. The van der Waals surface area contributed by atoms with Crippen molar-refractivity contribution in [3.05, 3.63) is 35.9 Å². The molecule has 0 saturated heterocycles. The number of carbonyl (C=O) groups is 1. The first kappa shape index (κ1) is 23.2. The van der Waals surface area contributed by atoms with Gasteiger partial charge in [-0.3, -0.25) is 4.79 Å². The maximum atomic E-state index is 13.9. The number of fused-ring (bicyclic) bond motifs is 1. The second-order valence-electron chi connectivity index (χ2n) is 7.11. The maximum absolute atomic E-state index is 13.9. The summed E-state index contributed by atoms with van der Waals surface area (Å²) in [7, 11) is -2.04. The highest BCUT2D eigenvalue weighted by Crippen LogP contribution is 2.47. The number of nitrogens with zero attached hydrogens (tertiary/aromatic N) is 2. The van der Waals surface area contributed by atoms with Crippen LogP contribution >= 0.6 is 11.8 Å². The number of nitrogens with one attached hydrogen (secondary N) is 2. The number of esters is 1. The number of anilines is 2. The van der Waals surface area contributed by atoms with E-state index in [1.807, 2.05) is 6.92 Å². The Hall–Kier alpha value is -2.44. The van der Waals surface area contributed by atoms with Crippen molar-refractivity contribution >= 4 is 39.3 Å². The molecule has 1 aromatic carbocycles. The third-order valence-corrected chi connectivity index (χ3v) is 6.68. The van der Waals surface area contributed by atoms with Gasteiger partial charge in [-0.05, 0) is 19.1 Å². The Morgan fingerprint density at radius 2 is 2.10 bits per heavy atom. The summed E-state index contributed by atoms with van der Waals surface area (Å²) in [6.45, 7) is 3.57. The third kappa shape index (κ3) is 5.63. The summed E-state index contributed by atoms with van der Waals surface area (Å²) in [4.78, 5) is 20.6. The highest BCUT2D eigenvalue weighted by molar-refractivity contribution is 8.01. The van der Waals surface area contributed by atoms with Crippen LogP contribution in [0.5, 0.6) is 5.75 Å². The van der Waals surface area contributed by atoms with Gasteiger partial charge in [0.2, 0.25) is 10.0 Å². The van der Waals surface area contributed by atoms with Crippen LogP contribution in [0.15, 0.2) is 29.6 Å². The molecule has 9 nitrogen and oxygen atoms in total. The number of methoxy groups -OCH3 is 1. The zero-order valence-electron chi connectivity index (χ0n) is 17.4. The molecule has 2 N–H and O–H groups in total. The van der Waals surface area contributed by atoms with E-state index in [0.29, 0.717) is 16.5 Å². The van der Waals surface area contributed by atoms with Gasteiger partial charge in [0, 0.05) is 24.1 Å². The first-order valence-electron chi connectivity index (χ1n) is 9.36. The first-order valence-corrected chi connectivity index (χ1v) is 12.1. The SMILES string of the molecule is COC(=O)C1Sc2ncnc(Nc3ccc(F)cc3OC(C)CNS(C)(=O)=O)c2C1C. The van der Waals surface area contributed by atoms with E-state index >= 15 is 0 Å². The van der Waals surface area contributed by atoms with Crippen molar-refractivity contribution in [1.82, 2.24) is 14.7 Å². The molecule has 3 unspecified atom stereocenters. The van der Waals surface area contributed by atoms with Gasteiger partial charge in [0.15, 0.2) is 0 Å². The van der Waals surface area contributed by atoms with Crippen molar-refractivity contribution in [2.45, 2.75) is 36.1 Å². The summed E-state index contributed by atoms with van der Waals surface area (Å²) >= 11 is 1.31. The van der Waals surface area contributed by atoms with Crippen LogP contribution in [-0.2, 0) is 19.6 Å². The minimum atomic E-state index is -3.38. The van der Waals surface area contributed by atoms with Gasteiger partial charge < -0.3 is 14.8 Å². The fourth-order valence-corrected chi connectivity index (χ4v) is 4.91. The molecule has 0 radical (unpaired) electrons.